The molecule has 0 heterocycles. The first kappa shape index (κ1) is 12.1. The Kier molecular flexibility index (Phi) is 6.11. The van der Waals surface area contributed by atoms with Crippen molar-refractivity contribution in [1.29, 1.82) is 5.41 Å². The fourth-order valence-corrected chi connectivity index (χ4v) is 1.03. The number of hydrogen-bond acceptors (Lipinski definition) is 2. The van der Waals surface area contributed by atoms with Gasteiger partial charge in [0.05, 0.1) is 0 Å². The molecule has 0 aliphatic carbocycles. The molecule has 13 heavy (non-hydrogen) atoms. The maximum absolute atomic E-state index is 7.65. The molecule has 2 nitrogen and oxygen atoms in total. The summed E-state index contributed by atoms with van der Waals surface area (Å²) in [6.07, 6.45) is 3.60. The van der Waals surface area contributed by atoms with Crippen molar-refractivity contribution in [3.63, 3.8) is 0 Å². The molecule has 1 unspecified atom stereocenters. The van der Waals surface area contributed by atoms with Crippen LogP contribution in [0.2, 0.25) is 0 Å². The molecule has 0 spiro atoms. The Balaban J connectivity index is 4.07. The normalized spacial score (nSPS) is 13.9. The van der Waals surface area contributed by atoms with Gasteiger partial charge in [0.2, 0.25) is 0 Å². The number of nitrogens with one attached hydrogen (secondary N) is 1. The van der Waals surface area contributed by atoms with Gasteiger partial charge < -0.3 is 5.41 Å². The van der Waals surface area contributed by atoms with Crippen LogP contribution in [-0.2, 0) is 0 Å². The Bertz CT molecular complexity index is 204. The zero-order chi connectivity index (χ0) is 10.3. The molecule has 0 rings (SSSR count). The standard InChI is InChI=1S/C11H20N2/c1-5-7-8-13-10(4)9(3)11(12)6-2/h5,9,12H,1,6-8H2,2-4H3. The van der Waals surface area contributed by atoms with Crippen LogP contribution in [-0.4, -0.2) is 18.0 Å². The second-order valence-electron chi connectivity index (χ2n) is 3.20. The van der Waals surface area contributed by atoms with Gasteiger partial charge in [-0.05, 0) is 19.8 Å². The van der Waals surface area contributed by atoms with Crippen molar-refractivity contribution in [1.82, 2.24) is 0 Å². The fourth-order valence-electron chi connectivity index (χ4n) is 1.03. The molecular formula is C11H20N2. The summed E-state index contributed by atoms with van der Waals surface area (Å²) in [6, 6.07) is 0. The van der Waals surface area contributed by atoms with Crippen molar-refractivity contribution in [2.24, 2.45) is 10.9 Å². The van der Waals surface area contributed by atoms with E-state index in [0.29, 0.717) is 0 Å². The molecule has 0 aliphatic heterocycles. The lowest BCUT2D eigenvalue weighted by molar-refractivity contribution is 0.937. The van der Waals surface area contributed by atoms with Crippen molar-refractivity contribution < 1.29 is 0 Å². The SMILES string of the molecule is C=CCCN=C(C)C(C)C(=N)CC. The summed E-state index contributed by atoms with van der Waals surface area (Å²) in [5.41, 5.74) is 1.83. The van der Waals surface area contributed by atoms with Crippen molar-refractivity contribution >= 4 is 11.4 Å². The van der Waals surface area contributed by atoms with Gasteiger partial charge in [0.15, 0.2) is 0 Å². The first-order chi connectivity index (χ1) is 6.13. The van der Waals surface area contributed by atoms with Gasteiger partial charge in [0, 0.05) is 23.9 Å². The Morgan fingerprint density at radius 2 is 2.23 bits per heavy atom. The molecular weight excluding hydrogens is 160 g/mol. The predicted molar refractivity (Wildman–Crippen MR) is 60.0 cm³/mol. The average Bonchev–Trinajstić information content (AvgIpc) is 2.15. The van der Waals surface area contributed by atoms with Crippen molar-refractivity contribution in [3.05, 3.63) is 12.7 Å². The third-order valence-electron chi connectivity index (χ3n) is 2.22. The molecule has 1 N–H and O–H groups in total. The zero-order valence-corrected chi connectivity index (χ0v) is 8.93. The molecule has 2 heteroatoms. The van der Waals surface area contributed by atoms with E-state index in [1.165, 1.54) is 0 Å². The highest BCUT2D eigenvalue weighted by Crippen LogP contribution is 2.04. The molecule has 0 radical (unpaired) electrons. The van der Waals surface area contributed by atoms with E-state index in [9.17, 15) is 0 Å². The van der Waals surface area contributed by atoms with Gasteiger partial charge in [-0.3, -0.25) is 4.99 Å². The van der Waals surface area contributed by atoms with E-state index in [1.807, 2.05) is 26.8 Å². The second-order valence-corrected chi connectivity index (χ2v) is 3.20. The summed E-state index contributed by atoms with van der Waals surface area (Å²) in [5.74, 6) is 0.204. The fraction of sp³-hybridized carbons (Fsp3) is 0.636. The maximum atomic E-state index is 7.65. The van der Waals surface area contributed by atoms with Gasteiger partial charge in [-0.2, -0.15) is 0 Å². The Morgan fingerprint density at radius 3 is 2.69 bits per heavy atom. The third kappa shape index (κ3) is 4.61. The number of nitrogens with zero attached hydrogens (tertiary/aromatic N) is 1. The average molecular weight is 180 g/mol. The topological polar surface area (TPSA) is 36.2 Å². The summed E-state index contributed by atoms with van der Waals surface area (Å²) in [5, 5.41) is 7.65. The smallest absolute Gasteiger partial charge is 0.0423 e. The predicted octanol–water partition coefficient (Wildman–Crippen LogP) is 3.09. The monoisotopic (exact) mass is 180 g/mol. The van der Waals surface area contributed by atoms with E-state index in [2.05, 4.69) is 11.6 Å². The molecule has 0 aromatic carbocycles. The van der Waals surface area contributed by atoms with Crippen LogP contribution in [0.4, 0.5) is 0 Å². The number of hydrogen-bond donors (Lipinski definition) is 1. The Hall–Kier alpha value is -0.920. The van der Waals surface area contributed by atoms with Gasteiger partial charge >= 0.3 is 0 Å². The van der Waals surface area contributed by atoms with E-state index in [1.54, 1.807) is 0 Å². The summed E-state index contributed by atoms with van der Waals surface area (Å²) < 4.78 is 0. The van der Waals surface area contributed by atoms with Crippen LogP contribution >= 0.6 is 0 Å². The van der Waals surface area contributed by atoms with Crippen LogP contribution in [0.15, 0.2) is 17.6 Å². The van der Waals surface area contributed by atoms with Crippen molar-refractivity contribution in [2.75, 3.05) is 6.54 Å². The lowest BCUT2D eigenvalue weighted by Crippen LogP contribution is -2.17. The van der Waals surface area contributed by atoms with Crippen LogP contribution in [0.5, 0.6) is 0 Å². The minimum atomic E-state index is 0.204. The zero-order valence-electron chi connectivity index (χ0n) is 8.93. The minimum Gasteiger partial charge on any atom is -0.309 e. The second kappa shape index (κ2) is 6.58. The van der Waals surface area contributed by atoms with E-state index in [-0.39, 0.29) is 5.92 Å². The molecule has 1 atom stereocenters. The largest absolute Gasteiger partial charge is 0.309 e. The van der Waals surface area contributed by atoms with Crippen LogP contribution in [0.3, 0.4) is 0 Å². The van der Waals surface area contributed by atoms with Crippen LogP contribution in [0.25, 0.3) is 0 Å². The molecule has 0 aromatic rings. The van der Waals surface area contributed by atoms with Crippen molar-refractivity contribution in [2.45, 2.75) is 33.6 Å². The molecule has 0 saturated carbocycles. The van der Waals surface area contributed by atoms with E-state index < -0.39 is 0 Å². The first-order valence-electron chi connectivity index (χ1n) is 4.82. The highest BCUT2D eigenvalue weighted by molar-refractivity contribution is 6.04. The highest BCUT2D eigenvalue weighted by Gasteiger charge is 2.09. The highest BCUT2D eigenvalue weighted by atomic mass is 14.7. The lowest BCUT2D eigenvalue weighted by Gasteiger charge is -2.10. The minimum absolute atomic E-state index is 0.204. The molecule has 0 bridgehead atoms. The van der Waals surface area contributed by atoms with Gasteiger partial charge in [-0.25, -0.2) is 0 Å². The molecule has 0 aromatic heterocycles. The van der Waals surface area contributed by atoms with Gasteiger partial charge in [-0.15, -0.1) is 6.58 Å². The third-order valence-corrected chi connectivity index (χ3v) is 2.22. The molecule has 0 fully saturated rings. The van der Waals surface area contributed by atoms with E-state index >= 15 is 0 Å². The number of aliphatic imine (C=N–C) groups is 1. The summed E-state index contributed by atoms with van der Waals surface area (Å²) in [6.45, 7) is 10.5. The quantitative estimate of drug-likeness (QED) is 0.370. The summed E-state index contributed by atoms with van der Waals surface area (Å²) in [4.78, 5) is 4.39. The molecule has 0 aliphatic rings. The number of rotatable bonds is 6. The van der Waals surface area contributed by atoms with Crippen LogP contribution in [0, 0.1) is 11.3 Å². The van der Waals surface area contributed by atoms with Crippen molar-refractivity contribution in [3.8, 4) is 0 Å². The summed E-state index contributed by atoms with van der Waals surface area (Å²) in [7, 11) is 0. The first-order valence-corrected chi connectivity index (χ1v) is 4.82. The molecule has 0 saturated heterocycles. The van der Waals surface area contributed by atoms with E-state index in [0.717, 1.165) is 30.8 Å². The maximum Gasteiger partial charge on any atom is 0.0423 e. The van der Waals surface area contributed by atoms with Gasteiger partial charge in [0.1, 0.15) is 0 Å². The molecule has 74 valence electrons. The molecule has 0 amide bonds. The van der Waals surface area contributed by atoms with Gasteiger partial charge in [-0.1, -0.05) is 19.9 Å². The van der Waals surface area contributed by atoms with Crippen LogP contribution < -0.4 is 0 Å². The van der Waals surface area contributed by atoms with Gasteiger partial charge in [0.25, 0.3) is 0 Å². The Labute approximate surface area is 81.3 Å². The van der Waals surface area contributed by atoms with Crippen LogP contribution in [0.1, 0.15) is 33.6 Å². The Morgan fingerprint density at radius 1 is 1.62 bits per heavy atom. The summed E-state index contributed by atoms with van der Waals surface area (Å²) >= 11 is 0. The van der Waals surface area contributed by atoms with E-state index in [4.69, 9.17) is 5.41 Å². The lowest BCUT2D eigenvalue weighted by atomic mass is 9.99.